The number of nitrogens with zero attached hydrogens (tertiary/aromatic N) is 1. The fraction of sp³-hybridized carbons (Fsp3) is 0.929. The Balaban J connectivity index is 2.22. The standard InChI is InChI=1S/C14H23F3N2O/c1-2-5-11-6-3-4-9-19(11)12(20)13(14(15,16)17)7-8-18-10-13/h11,18H,2-10H2,1H3. The first-order valence-electron chi connectivity index (χ1n) is 7.51. The second-order valence-electron chi connectivity index (χ2n) is 5.94. The summed E-state index contributed by atoms with van der Waals surface area (Å²) in [6.45, 7) is 2.47. The van der Waals surface area contributed by atoms with Crippen molar-refractivity contribution in [3.8, 4) is 0 Å². The van der Waals surface area contributed by atoms with Gasteiger partial charge in [-0.25, -0.2) is 0 Å². The lowest BCUT2D eigenvalue weighted by Gasteiger charge is -2.41. The van der Waals surface area contributed by atoms with E-state index in [2.05, 4.69) is 5.32 Å². The van der Waals surface area contributed by atoms with Crippen LogP contribution in [-0.4, -0.2) is 42.7 Å². The highest BCUT2D eigenvalue weighted by molar-refractivity contribution is 5.84. The van der Waals surface area contributed by atoms with Crippen LogP contribution in [0.15, 0.2) is 0 Å². The third-order valence-corrected chi connectivity index (χ3v) is 4.62. The first-order valence-corrected chi connectivity index (χ1v) is 7.51. The first-order chi connectivity index (χ1) is 9.42. The number of alkyl halides is 3. The fourth-order valence-electron chi connectivity index (χ4n) is 3.41. The second kappa shape index (κ2) is 5.92. The summed E-state index contributed by atoms with van der Waals surface area (Å²) in [7, 11) is 0. The number of hydrogen-bond donors (Lipinski definition) is 1. The lowest BCUT2D eigenvalue weighted by Crippen LogP contribution is -2.57. The monoisotopic (exact) mass is 292 g/mol. The molecule has 2 unspecified atom stereocenters. The Morgan fingerprint density at radius 3 is 2.70 bits per heavy atom. The molecular weight excluding hydrogens is 269 g/mol. The van der Waals surface area contributed by atoms with Crippen molar-refractivity contribution in [3.63, 3.8) is 0 Å². The summed E-state index contributed by atoms with van der Waals surface area (Å²) in [6.07, 6.45) is -0.259. The molecule has 1 N–H and O–H groups in total. The van der Waals surface area contributed by atoms with Gasteiger partial charge in [-0.3, -0.25) is 4.79 Å². The van der Waals surface area contributed by atoms with Gasteiger partial charge in [-0.1, -0.05) is 13.3 Å². The van der Waals surface area contributed by atoms with E-state index in [9.17, 15) is 18.0 Å². The van der Waals surface area contributed by atoms with E-state index in [-0.39, 0.29) is 25.6 Å². The van der Waals surface area contributed by atoms with Crippen molar-refractivity contribution in [3.05, 3.63) is 0 Å². The molecule has 0 aromatic carbocycles. The van der Waals surface area contributed by atoms with Gasteiger partial charge in [-0.15, -0.1) is 0 Å². The van der Waals surface area contributed by atoms with E-state index in [0.29, 0.717) is 6.54 Å². The van der Waals surface area contributed by atoms with Crippen LogP contribution in [0.4, 0.5) is 13.2 Å². The highest BCUT2D eigenvalue weighted by Crippen LogP contribution is 2.45. The molecule has 2 heterocycles. The maximum atomic E-state index is 13.4. The van der Waals surface area contributed by atoms with E-state index in [1.54, 1.807) is 0 Å². The van der Waals surface area contributed by atoms with Gasteiger partial charge in [0.05, 0.1) is 0 Å². The van der Waals surface area contributed by atoms with Crippen LogP contribution >= 0.6 is 0 Å². The SMILES string of the molecule is CCCC1CCCCN1C(=O)C1(C(F)(F)F)CCNC1. The molecule has 2 atom stereocenters. The summed E-state index contributed by atoms with van der Waals surface area (Å²) in [5.41, 5.74) is -2.20. The van der Waals surface area contributed by atoms with Gasteiger partial charge < -0.3 is 10.2 Å². The van der Waals surface area contributed by atoms with E-state index < -0.39 is 17.5 Å². The number of likely N-dealkylation sites (tertiary alicyclic amines) is 1. The minimum absolute atomic E-state index is 0.0129. The van der Waals surface area contributed by atoms with Gasteiger partial charge >= 0.3 is 6.18 Å². The van der Waals surface area contributed by atoms with Crippen LogP contribution in [-0.2, 0) is 4.79 Å². The number of carbonyl (C=O) groups excluding carboxylic acids is 1. The minimum atomic E-state index is -4.47. The van der Waals surface area contributed by atoms with E-state index >= 15 is 0 Å². The number of rotatable bonds is 3. The average Bonchev–Trinajstić information content (AvgIpc) is 2.89. The van der Waals surface area contributed by atoms with E-state index in [0.717, 1.165) is 32.1 Å². The molecule has 116 valence electrons. The minimum Gasteiger partial charge on any atom is -0.339 e. The Labute approximate surface area is 117 Å². The van der Waals surface area contributed by atoms with Gasteiger partial charge in [0, 0.05) is 19.1 Å². The molecule has 2 saturated heterocycles. The van der Waals surface area contributed by atoms with Gasteiger partial charge in [0.15, 0.2) is 5.41 Å². The third-order valence-electron chi connectivity index (χ3n) is 4.62. The number of halogens is 3. The van der Waals surface area contributed by atoms with Crippen LogP contribution in [0.25, 0.3) is 0 Å². The predicted molar refractivity (Wildman–Crippen MR) is 70.2 cm³/mol. The molecule has 0 aliphatic carbocycles. The number of amides is 1. The third kappa shape index (κ3) is 2.67. The van der Waals surface area contributed by atoms with Crippen LogP contribution in [0.3, 0.4) is 0 Å². The topological polar surface area (TPSA) is 32.3 Å². The molecule has 3 nitrogen and oxygen atoms in total. The quantitative estimate of drug-likeness (QED) is 0.867. The van der Waals surface area contributed by atoms with Crippen LogP contribution in [0.1, 0.15) is 45.4 Å². The summed E-state index contributed by atoms with van der Waals surface area (Å²) in [5, 5.41) is 2.72. The van der Waals surface area contributed by atoms with Gasteiger partial charge in [0.2, 0.25) is 5.91 Å². The van der Waals surface area contributed by atoms with E-state index in [4.69, 9.17) is 0 Å². The van der Waals surface area contributed by atoms with Crippen LogP contribution in [0, 0.1) is 5.41 Å². The lowest BCUT2D eigenvalue weighted by atomic mass is 9.82. The van der Waals surface area contributed by atoms with Crippen molar-refractivity contribution < 1.29 is 18.0 Å². The summed E-state index contributed by atoms with van der Waals surface area (Å²) < 4.78 is 40.3. The van der Waals surface area contributed by atoms with Gasteiger partial charge in [0.1, 0.15) is 0 Å². The second-order valence-corrected chi connectivity index (χ2v) is 5.94. The molecule has 0 spiro atoms. The Morgan fingerprint density at radius 2 is 2.15 bits per heavy atom. The molecule has 0 saturated carbocycles. The zero-order valence-corrected chi connectivity index (χ0v) is 11.9. The zero-order chi connectivity index (χ0) is 14.8. The molecule has 2 fully saturated rings. The summed E-state index contributed by atoms with van der Waals surface area (Å²) in [5.74, 6) is -0.701. The molecule has 0 aromatic rings. The Bertz CT molecular complexity index is 349. The van der Waals surface area contributed by atoms with Crippen LogP contribution in [0.2, 0.25) is 0 Å². The first kappa shape index (κ1) is 15.6. The van der Waals surface area contributed by atoms with Gasteiger partial charge in [-0.2, -0.15) is 13.2 Å². The molecule has 6 heteroatoms. The van der Waals surface area contributed by atoms with Crippen molar-refractivity contribution in [2.24, 2.45) is 5.41 Å². The maximum absolute atomic E-state index is 13.4. The zero-order valence-electron chi connectivity index (χ0n) is 11.9. The molecule has 0 bridgehead atoms. The molecule has 1 amide bonds. The highest BCUT2D eigenvalue weighted by Gasteiger charge is 2.62. The molecule has 20 heavy (non-hydrogen) atoms. The summed E-state index contributed by atoms with van der Waals surface area (Å²) in [4.78, 5) is 14.1. The number of hydrogen-bond acceptors (Lipinski definition) is 2. The number of nitrogens with one attached hydrogen (secondary N) is 1. The average molecular weight is 292 g/mol. The van der Waals surface area contributed by atoms with Crippen molar-refractivity contribution in [2.75, 3.05) is 19.6 Å². The van der Waals surface area contributed by atoms with Gasteiger partial charge in [0.25, 0.3) is 0 Å². The molecular formula is C14H23F3N2O. The summed E-state index contributed by atoms with van der Waals surface area (Å²) >= 11 is 0. The fourth-order valence-corrected chi connectivity index (χ4v) is 3.41. The van der Waals surface area contributed by atoms with Crippen LogP contribution < -0.4 is 5.32 Å². The molecule has 2 rings (SSSR count). The molecule has 0 radical (unpaired) electrons. The summed E-state index contributed by atoms with van der Waals surface area (Å²) in [6, 6.07) is -0.0129. The van der Waals surface area contributed by atoms with Crippen molar-refractivity contribution >= 4 is 5.91 Å². The molecule has 2 aliphatic rings. The lowest BCUT2D eigenvalue weighted by molar-refractivity contribution is -0.223. The Kier molecular flexibility index (Phi) is 4.62. The Morgan fingerprint density at radius 1 is 1.40 bits per heavy atom. The Hall–Kier alpha value is -0.780. The van der Waals surface area contributed by atoms with Crippen molar-refractivity contribution in [2.45, 2.75) is 57.7 Å². The van der Waals surface area contributed by atoms with Crippen molar-refractivity contribution in [1.29, 1.82) is 0 Å². The van der Waals surface area contributed by atoms with Crippen molar-refractivity contribution in [1.82, 2.24) is 10.2 Å². The van der Waals surface area contributed by atoms with E-state index in [1.807, 2.05) is 6.92 Å². The largest absolute Gasteiger partial charge is 0.404 e. The number of carbonyl (C=O) groups is 1. The number of piperidine rings is 1. The normalized spacial score (nSPS) is 31.6. The highest BCUT2D eigenvalue weighted by atomic mass is 19.4. The van der Waals surface area contributed by atoms with Crippen LogP contribution in [0.5, 0.6) is 0 Å². The smallest absolute Gasteiger partial charge is 0.339 e. The van der Waals surface area contributed by atoms with E-state index in [1.165, 1.54) is 4.90 Å². The predicted octanol–water partition coefficient (Wildman–Crippen LogP) is 2.71. The molecule has 2 aliphatic heterocycles. The molecule has 0 aromatic heterocycles. The maximum Gasteiger partial charge on any atom is 0.404 e. The van der Waals surface area contributed by atoms with Gasteiger partial charge in [-0.05, 0) is 38.6 Å².